The monoisotopic (exact) mass is 249 g/mol. The number of nitrogens with zero attached hydrogens (tertiary/aromatic N) is 2. The number of nitrogens with one attached hydrogen (secondary N) is 1. The molecule has 0 aromatic rings. The zero-order valence-electron chi connectivity index (χ0n) is 11.5. The molecule has 3 saturated heterocycles. The molecule has 4 rings (SSSR count). The molecule has 3 unspecified atom stereocenters. The van der Waals surface area contributed by atoms with Crippen molar-refractivity contribution in [1.29, 1.82) is 0 Å². The molecule has 4 fully saturated rings. The van der Waals surface area contributed by atoms with E-state index < -0.39 is 0 Å². The van der Waals surface area contributed by atoms with Gasteiger partial charge in [-0.3, -0.25) is 9.80 Å². The highest BCUT2D eigenvalue weighted by atomic mass is 15.3. The van der Waals surface area contributed by atoms with Crippen LogP contribution >= 0.6 is 0 Å². The van der Waals surface area contributed by atoms with Crippen molar-refractivity contribution in [2.75, 3.05) is 26.2 Å². The standard InChI is InChI=1S/C15H27N3/c1-3-14(16-8-1)15-4-2-9-18(15)13-7-10-17(11-13)12-5-6-12/h12-16H,1-11H2. The highest BCUT2D eigenvalue weighted by Crippen LogP contribution is 2.34. The molecule has 3 heteroatoms. The summed E-state index contributed by atoms with van der Waals surface area (Å²) in [6, 6.07) is 3.51. The molecule has 3 heterocycles. The minimum atomic E-state index is 0.808. The van der Waals surface area contributed by atoms with E-state index in [-0.39, 0.29) is 0 Å². The molecular weight excluding hydrogens is 222 g/mol. The molecule has 102 valence electrons. The minimum absolute atomic E-state index is 0.808. The maximum Gasteiger partial charge on any atom is 0.0253 e. The predicted octanol–water partition coefficient (Wildman–Crippen LogP) is 1.44. The molecular formula is C15H27N3. The average molecular weight is 249 g/mol. The first kappa shape index (κ1) is 11.7. The summed E-state index contributed by atoms with van der Waals surface area (Å²) < 4.78 is 0. The Morgan fingerprint density at radius 2 is 1.78 bits per heavy atom. The smallest absolute Gasteiger partial charge is 0.0253 e. The fourth-order valence-electron chi connectivity index (χ4n) is 4.55. The first-order valence-electron chi connectivity index (χ1n) is 8.15. The second-order valence-corrected chi connectivity index (χ2v) is 6.82. The van der Waals surface area contributed by atoms with Crippen molar-refractivity contribution in [2.24, 2.45) is 0 Å². The van der Waals surface area contributed by atoms with E-state index in [1.807, 2.05) is 0 Å². The maximum atomic E-state index is 3.74. The molecule has 4 aliphatic rings. The molecule has 0 amide bonds. The van der Waals surface area contributed by atoms with Crippen molar-refractivity contribution in [3.63, 3.8) is 0 Å². The summed E-state index contributed by atoms with van der Waals surface area (Å²) in [5.74, 6) is 0. The third kappa shape index (κ3) is 2.10. The van der Waals surface area contributed by atoms with Gasteiger partial charge >= 0.3 is 0 Å². The van der Waals surface area contributed by atoms with Gasteiger partial charge in [-0.1, -0.05) is 0 Å². The van der Waals surface area contributed by atoms with Crippen LogP contribution in [0.3, 0.4) is 0 Å². The van der Waals surface area contributed by atoms with Crippen molar-refractivity contribution < 1.29 is 0 Å². The molecule has 0 radical (unpaired) electrons. The lowest BCUT2D eigenvalue weighted by molar-refractivity contribution is 0.151. The molecule has 3 nitrogen and oxygen atoms in total. The summed E-state index contributed by atoms with van der Waals surface area (Å²) in [5, 5.41) is 3.74. The van der Waals surface area contributed by atoms with Crippen LogP contribution in [0.15, 0.2) is 0 Å². The topological polar surface area (TPSA) is 18.5 Å². The van der Waals surface area contributed by atoms with Gasteiger partial charge in [-0.25, -0.2) is 0 Å². The van der Waals surface area contributed by atoms with Gasteiger partial charge in [0, 0.05) is 37.3 Å². The predicted molar refractivity (Wildman–Crippen MR) is 73.8 cm³/mol. The van der Waals surface area contributed by atoms with E-state index in [0.29, 0.717) is 0 Å². The summed E-state index contributed by atoms with van der Waals surface area (Å²) in [6.45, 7) is 5.37. The van der Waals surface area contributed by atoms with Gasteiger partial charge in [0.2, 0.25) is 0 Å². The van der Waals surface area contributed by atoms with E-state index in [1.54, 1.807) is 0 Å². The van der Waals surface area contributed by atoms with Gasteiger partial charge in [0.15, 0.2) is 0 Å². The molecule has 0 aromatic carbocycles. The molecule has 1 saturated carbocycles. The first-order chi connectivity index (χ1) is 8.92. The highest BCUT2D eigenvalue weighted by molar-refractivity contribution is 4.99. The van der Waals surface area contributed by atoms with Crippen molar-refractivity contribution in [1.82, 2.24) is 15.1 Å². The van der Waals surface area contributed by atoms with Gasteiger partial charge < -0.3 is 5.32 Å². The lowest BCUT2D eigenvalue weighted by Crippen LogP contribution is -2.49. The Morgan fingerprint density at radius 3 is 2.56 bits per heavy atom. The van der Waals surface area contributed by atoms with E-state index in [2.05, 4.69) is 15.1 Å². The molecule has 18 heavy (non-hydrogen) atoms. The van der Waals surface area contributed by atoms with Crippen LogP contribution in [0.5, 0.6) is 0 Å². The van der Waals surface area contributed by atoms with Gasteiger partial charge in [-0.2, -0.15) is 0 Å². The zero-order chi connectivity index (χ0) is 11.9. The largest absolute Gasteiger partial charge is 0.312 e. The van der Waals surface area contributed by atoms with Crippen LogP contribution < -0.4 is 5.32 Å². The third-order valence-corrected chi connectivity index (χ3v) is 5.63. The SMILES string of the molecule is C1CNC(C2CCCN2C2CCN(C3CC3)C2)C1. The summed E-state index contributed by atoms with van der Waals surface area (Å²) >= 11 is 0. The number of likely N-dealkylation sites (tertiary alicyclic amines) is 2. The highest BCUT2D eigenvalue weighted by Gasteiger charge is 2.41. The molecule has 0 bridgehead atoms. The minimum Gasteiger partial charge on any atom is -0.312 e. The summed E-state index contributed by atoms with van der Waals surface area (Å²) in [6.07, 6.45) is 10.1. The number of rotatable bonds is 3. The van der Waals surface area contributed by atoms with E-state index in [0.717, 1.165) is 24.2 Å². The van der Waals surface area contributed by atoms with Gasteiger partial charge in [-0.15, -0.1) is 0 Å². The van der Waals surface area contributed by atoms with E-state index >= 15 is 0 Å². The maximum absolute atomic E-state index is 3.74. The van der Waals surface area contributed by atoms with Crippen molar-refractivity contribution >= 4 is 0 Å². The first-order valence-corrected chi connectivity index (χ1v) is 8.15. The lowest BCUT2D eigenvalue weighted by atomic mass is 10.0. The second kappa shape index (κ2) is 4.77. The van der Waals surface area contributed by atoms with Gasteiger partial charge in [0.25, 0.3) is 0 Å². The number of hydrogen-bond donors (Lipinski definition) is 1. The Hall–Kier alpha value is -0.120. The van der Waals surface area contributed by atoms with E-state index in [9.17, 15) is 0 Å². The Kier molecular flexibility index (Phi) is 3.10. The quantitative estimate of drug-likeness (QED) is 0.816. The van der Waals surface area contributed by atoms with Crippen molar-refractivity contribution in [3.8, 4) is 0 Å². The molecule has 3 atom stereocenters. The molecule has 1 aliphatic carbocycles. The Balaban J connectivity index is 1.40. The van der Waals surface area contributed by atoms with Crippen LogP contribution in [0.1, 0.15) is 44.9 Å². The van der Waals surface area contributed by atoms with Crippen LogP contribution in [0.25, 0.3) is 0 Å². The Labute approximate surface area is 111 Å². The average Bonchev–Trinajstić information content (AvgIpc) is 2.91. The third-order valence-electron chi connectivity index (χ3n) is 5.63. The summed E-state index contributed by atoms with van der Waals surface area (Å²) in [5.41, 5.74) is 0. The second-order valence-electron chi connectivity index (χ2n) is 6.82. The van der Waals surface area contributed by atoms with Crippen LogP contribution in [-0.4, -0.2) is 60.1 Å². The fourth-order valence-corrected chi connectivity index (χ4v) is 4.55. The Morgan fingerprint density at radius 1 is 0.833 bits per heavy atom. The summed E-state index contributed by atoms with van der Waals surface area (Å²) in [4.78, 5) is 5.65. The van der Waals surface area contributed by atoms with Gasteiger partial charge in [0.05, 0.1) is 0 Å². The van der Waals surface area contributed by atoms with Gasteiger partial charge in [0.1, 0.15) is 0 Å². The summed E-state index contributed by atoms with van der Waals surface area (Å²) in [7, 11) is 0. The lowest BCUT2D eigenvalue weighted by Gasteiger charge is -2.34. The Bertz CT molecular complexity index is 296. The van der Waals surface area contributed by atoms with Crippen molar-refractivity contribution in [2.45, 2.75) is 69.1 Å². The van der Waals surface area contributed by atoms with E-state index in [1.165, 1.54) is 71.1 Å². The molecule has 3 aliphatic heterocycles. The molecule has 1 N–H and O–H groups in total. The number of hydrogen-bond acceptors (Lipinski definition) is 3. The van der Waals surface area contributed by atoms with Crippen LogP contribution in [0, 0.1) is 0 Å². The van der Waals surface area contributed by atoms with Crippen LogP contribution in [0.2, 0.25) is 0 Å². The van der Waals surface area contributed by atoms with E-state index in [4.69, 9.17) is 0 Å². The molecule has 0 aromatic heterocycles. The van der Waals surface area contributed by atoms with Crippen LogP contribution in [-0.2, 0) is 0 Å². The zero-order valence-corrected chi connectivity index (χ0v) is 11.5. The van der Waals surface area contributed by atoms with Crippen LogP contribution in [0.4, 0.5) is 0 Å². The van der Waals surface area contributed by atoms with Gasteiger partial charge in [-0.05, 0) is 58.0 Å². The molecule has 0 spiro atoms. The normalized spacial score (nSPS) is 43.0. The van der Waals surface area contributed by atoms with Crippen molar-refractivity contribution in [3.05, 3.63) is 0 Å². The fraction of sp³-hybridized carbons (Fsp3) is 1.00.